The van der Waals surface area contributed by atoms with E-state index in [1.807, 2.05) is 26.0 Å². The number of aromatic nitrogens is 2. The Bertz CT molecular complexity index is 940. The lowest BCUT2D eigenvalue weighted by molar-refractivity contribution is -0.111. The number of rotatable bonds is 6. The van der Waals surface area contributed by atoms with Crippen molar-refractivity contribution in [1.29, 1.82) is 0 Å². The minimum atomic E-state index is 0.178. The molecule has 0 radical (unpaired) electrons. The summed E-state index contributed by atoms with van der Waals surface area (Å²) >= 11 is 1.68. The fourth-order valence-corrected chi connectivity index (χ4v) is 4.84. The van der Waals surface area contributed by atoms with E-state index in [0.29, 0.717) is 5.92 Å². The summed E-state index contributed by atoms with van der Waals surface area (Å²) in [6, 6.07) is 16.7. The third-order valence-electron chi connectivity index (χ3n) is 5.45. The van der Waals surface area contributed by atoms with Gasteiger partial charge in [0.05, 0.1) is 6.10 Å². The predicted octanol–water partition coefficient (Wildman–Crippen LogP) is 6.13. The highest BCUT2D eigenvalue weighted by atomic mass is 32.1. The van der Waals surface area contributed by atoms with Gasteiger partial charge in [-0.3, -0.25) is 0 Å². The van der Waals surface area contributed by atoms with Crippen molar-refractivity contribution in [2.75, 3.05) is 0 Å². The molecule has 0 atom stereocenters. The predicted molar refractivity (Wildman–Crippen MR) is 117 cm³/mol. The van der Waals surface area contributed by atoms with E-state index in [0.717, 1.165) is 58.9 Å². The molecule has 5 heteroatoms. The van der Waals surface area contributed by atoms with E-state index in [-0.39, 0.29) is 12.0 Å². The molecule has 4 rings (SSSR count). The van der Waals surface area contributed by atoms with Gasteiger partial charge in [0.2, 0.25) is 0 Å². The van der Waals surface area contributed by atoms with E-state index >= 15 is 0 Å². The minimum absolute atomic E-state index is 0.178. The van der Waals surface area contributed by atoms with Crippen molar-refractivity contribution in [3.8, 4) is 27.4 Å². The van der Waals surface area contributed by atoms with E-state index in [2.05, 4.69) is 46.6 Å². The van der Waals surface area contributed by atoms with Crippen LogP contribution in [0, 0.1) is 5.92 Å². The van der Waals surface area contributed by atoms with Gasteiger partial charge in [-0.1, -0.05) is 47.7 Å². The Morgan fingerprint density at radius 3 is 2.07 bits per heavy atom. The molecule has 0 aliphatic heterocycles. The molecule has 0 unspecified atom stereocenters. The van der Waals surface area contributed by atoms with Crippen LogP contribution in [-0.2, 0) is 4.79 Å². The molecular weight excluding hydrogens is 380 g/mol. The third kappa shape index (κ3) is 4.73. The SMILES string of the molecule is CC(C)Oc1ccc(-c2ccc(-c3nnc(C4CCC(C=O)CC4)s3)cc2)cc1. The summed E-state index contributed by atoms with van der Waals surface area (Å²) in [6.07, 6.45) is 5.30. The molecule has 1 aliphatic carbocycles. The van der Waals surface area contributed by atoms with Crippen LogP contribution in [0.1, 0.15) is 50.5 Å². The maximum Gasteiger partial charge on any atom is 0.147 e. The molecule has 0 bridgehead atoms. The van der Waals surface area contributed by atoms with Crippen molar-refractivity contribution in [1.82, 2.24) is 10.2 Å². The monoisotopic (exact) mass is 406 g/mol. The van der Waals surface area contributed by atoms with Gasteiger partial charge >= 0.3 is 0 Å². The summed E-state index contributed by atoms with van der Waals surface area (Å²) in [5.41, 5.74) is 3.43. The highest BCUT2D eigenvalue weighted by molar-refractivity contribution is 7.14. The highest BCUT2D eigenvalue weighted by Gasteiger charge is 2.24. The lowest BCUT2D eigenvalue weighted by atomic mass is 9.83. The molecule has 1 heterocycles. The van der Waals surface area contributed by atoms with Gasteiger partial charge in [-0.15, -0.1) is 10.2 Å². The van der Waals surface area contributed by atoms with E-state index < -0.39 is 0 Å². The van der Waals surface area contributed by atoms with E-state index in [1.165, 1.54) is 5.56 Å². The molecule has 0 saturated heterocycles. The third-order valence-corrected chi connectivity index (χ3v) is 6.58. The summed E-state index contributed by atoms with van der Waals surface area (Å²) in [4.78, 5) is 10.9. The second kappa shape index (κ2) is 8.87. The van der Waals surface area contributed by atoms with Crippen LogP contribution in [0.3, 0.4) is 0 Å². The quantitative estimate of drug-likeness (QED) is 0.462. The Morgan fingerprint density at radius 1 is 0.897 bits per heavy atom. The number of carbonyl (C=O) groups excluding carboxylic acids is 1. The van der Waals surface area contributed by atoms with Gasteiger partial charge in [-0.2, -0.15) is 0 Å². The normalized spacial score (nSPS) is 19.3. The van der Waals surface area contributed by atoms with E-state index in [1.54, 1.807) is 11.3 Å². The van der Waals surface area contributed by atoms with Crippen molar-refractivity contribution in [3.05, 3.63) is 53.5 Å². The molecule has 29 heavy (non-hydrogen) atoms. The number of nitrogens with zero attached hydrogens (tertiary/aromatic N) is 2. The summed E-state index contributed by atoms with van der Waals surface area (Å²) in [6.45, 7) is 4.06. The number of benzene rings is 2. The Labute approximate surface area is 176 Å². The molecule has 1 aromatic heterocycles. The summed E-state index contributed by atoms with van der Waals surface area (Å²) in [7, 11) is 0. The zero-order valence-electron chi connectivity index (χ0n) is 16.9. The van der Waals surface area contributed by atoms with Crippen LogP contribution in [0.5, 0.6) is 5.75 Å². The molecule has 3 aromatic rings. The van der Waals surface area contributed by atoms with Crippen molar-refractivity contribution in [2.24, 2.45) is 5.92 Å². The number of hydrogen-bond donors (Lipinski definition) is 0. The molecule has 0 N–H and O–H groups in total. The first-order valence-corrected chi connectivity index (χ1v) is 11.1. The molecule has 2 aromatic carbocycles. The van der Waals surface area contributed by atoms with Crippen LogP contribution in [0.2, 0.25) is 0 Å². The van der Waals surface area contributed by atoms with Gasteiger partial charge in [-0.25, -0.2) is 0 Å². The minimum Gasteiger partial charge on any atom is -0.491 e. The number of aldehydes is 1. The number of hydrogen-bond acceptors (Lipinski definition) is 5. The summed E-state index contributed by atoms with van der Waals surface area (Å²) < 4.78 is 5.72. The lowest BCUT2D eigenvalue weighted by Crippen LogP contribution is -2.13. The van der Waals surface area contributed by atoms with Crippen molar-refractivity contribution in [2.45, 2.75) is 51.6 Å². The van der Waals surface area contributed by atoms with Gasteiger partial charge in [0.1, 0.15) is 22.1 Å². The molecule has 150 valence electrons. The molecular formula is C24H26N2O2S. The van der Waals surface area contributed by atoms with Crippen LogP contribution in [0.25, 0.3) is 21.7 Å². The van der Waals surface area contributed by atoms with Crippen LogP contribution in [0.15, 0.2) is 48.5 Å². The maximum atomic E-state index is 10.9. The molecule has 0 spiro atoms. The first-order chi connectivity index (χ1) is 14.1. The van der Waals surface area contributed by atoms with Crippen LogP contribution >= 0.6 is 11.3 Å². The average Bonchev–Trinajstić information content (AvgIpc) is 3.24. The van der Waals surface area contributed by atoms with Crippen LogP contribution < -0.4 is 4.74 Å². The van der Waals surface area contributed by atoms with E-state index in [9.17, 15) is 4.79 Å². The summed E-state index contributed by atoms with van der Waals surface area (Å²) in [5.74, 6) is 1.57. The topological polar surface area (TPSA) is 52.1 Å². The standard InChI is InChI=1S/C24H26N2O2S/c1-16(2)28-22-13-11-19(12-14-22)18-7-9-21(10-8-18)24-26-25-23(29-24)20-5-3-17(15-27)4-6-20/h7-17,20H,3-6H2,1-2H3. The maximum absolute atomic E-state index is 10.9. The van der Waals surface area contributed by atoms with Crippen molar-refractivity contribution < 1.29 is 9.53 Å². The number of carbonyl (C=O) groups is 1. The zero-order chi connectivity index (χ0) is 20.2. The Kier molecular flexibility index (Phi) is 6.05. The van der Waals surface area contributed by atoms with E-state index in [4.69, 9.17) is 4.74 Å². The second-order valence-corrected chi connectivity index (χ2v) is 8.97. The fraction of sp³-hybridized carbons (Fsp3) is 0.375. The fourth-order valence-electron chi connectivity index (χ4n) is 3.82. The Hall–Kier alpha value is -2.53. The van der Waals surface area contributed by atoms with Crippen molar-refractivity contribution in [3.63, 3.8) is 0 Å². The van der Waals surface area contributed by atoms with Gasteiger partial charge < -0.3 is 9.53 Å². The average molecular weight is 407 g/mol. The van der Waals surface area contributed by atoms with Crippen LogP contribution in [-0.4, -0.2) is 22.6 Å². The molecule has 1 saturated carbocycles. The largest absolute Gasteiger partial charge is 0.491 e. The van der Waals surface area contributed by atoms with Gasteiger partial charge in [0, 0.05) is 17.4 Å². The molecule has 0 amide bonds. The van der Waals surface area contributed by atoms with Crippen LogP contribution in [0.4, 0.5) is 0 Å². The Balaban J connectivity index is 1.44. The van der Waals surface area contributed by atoms with Gasteiger partial charge in [0.15, 0.2) is 0 Å². The first-order valence-electron chi connectivity index (χ1n) is 10.3. The molecule has 1 aliphatic rings. The second-order valence-electron chi connectivity index (χ2n) is 7.96. The van der Waals surface area contributed by atoms with Gasteiger partial charge in [0.25, 0.3) is 0 Å². The zero-order valence-corrected chi connectivity index (χ0v) is 17.7. The number of ether oxygens (including phenoxy) is 1. The summed E-state index contributed by atoms with van der Waals surface area (Å²) in [5, 5.41) is 10.9. The highest BCUT2D eigenvalue weighted by Crippen LogP contribution is 2.38. The molecule has 4 nitrogen and oxygen atoms in total. The lowest BCUT2D eigenvalue weighted by Gasteiger charge is -2.23. The Morgan fingerprint density at radius 2 is 1.48 bits per heavy atom. The smallest absolute Gasteiger partial charge is 0.147 e. The first kappa shape index (κ1) is 19.8. The van der Waals surface area contributed by atoms with Gasteiger partial charge in [-0.05, 0) is 62.8 Å². The van der Waals surface area contributed by atoms with Crippen molar-refractivity contribution >= 4 is 17.6 Å². The molecule has 1 fully saturated rings.